The van der Waals surface area contributed by atoms with Gasteiger partial charge in [0.2, 0.25) is 0 Å². The average Bonchev–Trinajstić information content (AvgIpc) is 3.30. The number of aromatic hydroxyl groups is 1. The maximum Gasteiger partial charge on any atom is 0.339 e. The summed E-state index contributed by atoms with van der Waals surface area (Å²) in [6, 6.07) is 1.72. The lowest BCUT2D eigenvalue weighted by molar-refractivity contribution is -0.334. The van der Waals surface area contributed by atoms with Gasteiger partial charge in [-0.25, -0.2) is 4.79 Å². The van der Waals surface area contributed by atoms with Crippen molar-refractivity contribution >= 4 is 11.5 Å². The van der Waals surface area contributed by atoms with Gasteiger partial charge in [0, 0.05) is 30.4 Å². The van der Waals surface area contributed by atoms with Crippen LogP contribution in [0.2, 0.25) is 0 Å². The smallest absolute Gasteiger partial charge is 0.339 e. The first-order valence-corrected chi connectivity index (χ1v) is 14.3. The lowest BCUT2D eigenvalue weighted by Gasteiger charge is -2.49. The number of allylic oxidation sites excluding steroid dienone is 4. The number of rotatable bonds is 1. The SMILES string of the molecule is CC[C@H]1O[C@]2(CC[C@@H]1C)C[C@@H]1C[C@@H](C/C=C(/C)C[C@@H](C)/C=C\C=C3\COc4c(O)c(C)cc(c43)C(=O)O1)O2. The van der Waals surface area contributed by atoms with Gasteiger partial charge in [0.25, 0.3) is 0 Å². The number of phenols is 1. The number of hydrogen-bond acceptors (Lipinski definition) is 6. The van der Waals surface area contributed by atoms with Crippen LogP contribution >= 0.6 is 0 Å². The van der Waals surface area contributed by atoms with Crippen molar-refractivity contribution < 1.29 is 28.8 Å². The molecule has 2 bridgehead atoms. The predicted octanol–water partition coefficient (Wildman–Crippen LogP) is 7.03. The minimum atomic E-state index is -0.731. The number of fused-ring (bicyclic) bond motifs is 2. The third kappa shape index (κ3) is 5.43. The number of hydrogen-bond donors (Lipinski definition) is 1. The van der Waals surface area contributed by atoms with Crippen LogP contribution in [0.4, 0.5) is 0 Å². The molecule has 4 heterocycles. The van der Waals surface area contributed by atoms with E-state index < -0.39 is 11.8 Å². The number of esters is 1. The van der Waals surface area contributed by atoms with Gasteiger partial charge in [-0.2, -0.15) is 0 Å². The molecular weight excluding hydrogens is 480 g/mol. The minimum Gasteiger partial charge on any atom is -0.504 e. The predicted molar refractivity (Wildman–Crippen MR) is 147 cm³/mol. The van der Waals surface area contributed by atoms with E-state index in [4.69, 9.17) is 18.9 Å². The van der Waals surface area contributed by atoms with Crippen molar-refractivity contribution in [3.8, 4) is 11.5 Å². The zero-order valence-electron chi connectivity index (χ0n) is 23.4. The molecule has 0 aliphatic carbocycles. The van der Waals surface area contributed by atoms with Crippen LogP contribution < -0.4 is 4.74 Å². The van der Waals surface area contributed by atoms with Crippen LogP contribution in [0.15, 0.2) is 35.9 Å². The van der Waals surface area contributed by atoms with Crippen molar-refractivity contribution in [1.82, 2.24) is 0 Å². The molecule has 206 valence electrons. The van der Waals surface area contributed by atoms with E-state index in [2.05, 4.69) is 39.8 Å². The van der Waals surface area contributed by atoms with Crippen LogP contribution in [0.25, 0.3) is 5.57 Å². The maximum absolute atomic E-state index is 13.7. The van der Waals surface area contributed by atoms with Gasteiger partial charge < -0.3 is 24.1 Å². The third-order valence-electron chi connectivity index (χ3n) is 8.57. The van der Waals surface area contributed by atoms with Gasteiger partial charge >= 0.3 is 5.97 Å². The highest BCUT2D eigenvalue weighted by atomic mass is 16.7. The minimum absolute atomic E-state index is 0.0767. The monoisotopic (exact) mass is 522 g/mol. The van der Waals surface area contributed by atoms with Crippen molar-refractivity contribution in [3.05, 3.63) is 52.6 Å². The van der Waals surface area contributed by atoms with Gasteiger partial charge in [0.1, 0.15) is 12.7 Å². The summed E-state index contributed by atoms with van der Waals surface area (Å²) in [7, 11) is 0. The zero-order valence-corrected chi connectivity index (χ0v) is 23.4. The van der Waals surface area contributed by atoms with Crippen molar-refractivity contribution in [1.29, 1.82) is 0 Å². The fraction of sp³-hybridized carbons (Fsp3) is 0.594. The Balaban J connectivity index is 1.53. The lowest BCUT2D eigenvalue weighted by atomic mass is 9.85. The molecule has 4 aliphatic rings. The first-order valence-electron chi connectivity index (χ1n) is 14.3. The summed E-state index contributed by atoms with van der Waals surface area (Å²) in [5.74, 6) is 0.146. The second-order valence-electron chi connectivity index (χ2n) is 11.8. The van der Waals surface area contributed by atoms with E-state index in [1.54, 1.807) is 13.0 Å². The summed E-state index contributed by atoms with van der Waals surface area (Å²) in [6.45, 7) is 10.9. The van der Waals surface area contributed by atoms with E-state index in [-0.39, 0.29) is 24.1 Å². The van der Waals surface area contributed by atoms with Gasteiger partial charge in [-0.1, -0.05) is 50.6 Å². The zero-order chi connectivity index (χ0) is 27.0. The molecule has 0 aromatic heterocycles. The maximum atomic E-state index is 13.7. The van der Waals surface area contributed by atoms with Crippen molar-refractivity contribution in [2.24, 2.45) is 11.8 Å². The molecule has 1 spiro atoms. The molecule has 38 heavy (non-hydrogen) atoms. The standard InChI is InChI=1S/C32H42O6/c1-6-27-21(4)12-13-32(38-27)17-25-16-24(37-32)11-10-20(3)14-19(2)8-7-9-23-18-35-30-28(23)26(31(34)36-25)15-22(5)29(30)33/h7-10,15,19,21,24-25,27,33H,6,11-14,16-18H2,1-5H3/b8-7-,20-10-,23-9-/t19-,21-,24+,25-,27+,32+/m0/s1. The highest BCUT2D eigenvalue weighted by Gasteiger charge is 2.48. The Morgan fingerprint density at radius 1 is 1.16 bits per heavy atom. The summed E-state index contributed by atoms with van der Waals surface area (Å²) in [5.41, 5.74) is 3.84. The first-order chi connectivity index (χ1) is 18.2. The number of ether oxygens (including phenoxy) is 4. The van der Waals surface area contributed by atoms with E-state index in [0.717, 1.165) is 37.7 Å². The van der Waals surface area contributed by atoms with E-state index in [0.29, 0.717) is 53.7 Å². The van der Waals surface area contributed by atoms with Gasteiger partial charge in [0.05, 0.1) is 17.8 Å². The number of phenolic OH excluding ortho intramolecular Hbond substituents is 1. The number of benzene rings is 1. The summed E-state index contributed by atoms with van der Waals surface area (Å²) >= 11 is 0. The summed E-state index contributed by atoms with van der Waals surface area (Å²) in [6.07, 6.45) is 13.8. The van der Waals surface area contributed by atoms with Gasteiger partial charge in [-0.3, -0.25) is 0 Å². The Hall–Kier alpha value is -2.57. The molecule has 1 aromatic carbocycles. The summed E-state index contributed by atoms with van der Waals surface area (Å²) in [4.78, 5) is 13.7. The molecule has 6 nitrogen and oxygen atoms in total. The van der Waals surface area contributed by atoms with Gasteiger partial charge in [0.15, 0.2) is 17.3 Å². The molecule has 1 N–H and O–H groups in total. The van der Waals surface area contributed by atoms with Crippen molar-refractivity contribution in [2.75, 3.05) is 6.61 Å². The Bertz CT molecular complexity index is 1160. The summed E-state index contributed by atoms with van der Waals surface area (Å²) in [5, 5.41) is 10.7. The lowest BCUT2D eigenvalue weighted by Crippen LogP contribution is -2.54. The second kappa shape index (κ2) is 10.9. The normalized spacial score (nSPS) is 37.3. The van der Waals surface area contributed by atoms with Gasteiger partial charge in [-0.15, -0.1) is 0 Å². The van der Waals surface area contributed by atoms with E-state index >= 15 is 0 Å². The van der Waals surface area contributed by atoms with Crippen LogP contribution in [-0.4, -0.2) is 41.8 Å². The number of aryl methyl sites for hydroxylation is 1. The number of carbonyl (C=O) groups excluding carboxylic acids is 1. The molecule has 2 fully saturated rings. The summed E-state index contributed by atoms with van der Waals surface area (Å²) < 4.78 is 25.4. The van der Waals surface area contributed by atoms with Crippen molar-refractivity contribution in [2.45, 2.75) is 104 Å². The molecule has 0 amide bonds. The molecule has 2 saturated heterocycles. The molecule has 4 aliphatic heterocycles. The Kier molecular flexibility index (Phi) is 7.74. The average molecular weight is 523 g/mol. The molecule has 0 radical (unpaired) electrons. The van der Waals surface area contributed by atoms with E-state index in [9.17, 15) is 9.90 Å². The van der Waals surface area contributed by atoms with Crippen LogP contribution in [0, 0.1) is 18.8 Å². The molecule has 0 unspecified atom stereocenters. The Morgan fingerprint density at radius 2 is 1.97 bits per heavy atom. The topological polar surface area (TPSA) is 74.2 Å². The Morgan fingerprint density at radius 3 is 2.76 bits per heavy atom. The fourth-order valence-electron chi connectivity index (χ4n) is 6.48. The Labute approximate surface area is 226 Å². The van der Waals surface area contributed by atoms with Crippen molar-refractivity contribution in [3.63, 3.8) is 0 Å². The highest BCUT2D eigenvalue weighted by molar-refractivity contribution is 5.99. The quantitative estimate of drug-likeness (QED) is 0.315. The second-order valence-corrected chi connectivity index (χ2v) is 11.8. The van der Waals surface area contributed by atoms with Crippen LogP contribution in [0.1, 0.15) is 94.1 Å². The highest BCUT2D eigenvalue weighted by Crippen LogP contribution is 2.46. The van der Waals surface area contributed by atoms with E-state index in [1.807, 2.05) is 12.2 Å². The molecule has 1 aromatic rings. The van der Waals surface area contributed by atoms with E-state index in [1.165, 1.54) is 5.57 Å². The van der Waals surface area contributed by atoms with Gasteiger partial charge in [-0.05, 0) is 63.0 Å². The molecule has 5 rings (SSSR count). The third-order valence-corrected chi connectivity index (χ3v) is 8.57. The van der Waals surface area contributed by atoms with Crippen LogP contribution in [-0.2, 0) is 14.2 Å². The van der Waals surface area contributed by atoms with Crippen LogP contribution in [0.3, 0.4) is 0 Å². The molecule has 0 saturated carbocycles. The molecule has 6 atom stereocenters. The first kappa shape index (κ1) is 27.0. The molecule has 6 heteroatoms. The fourth-order valence-corrected chi connectivity index (χ4v) is 6.48. The largest absolute Gasteiger partial charge is 0.504 e. The molecular formula is C32H42O6. The van der Waals surface area contributed by atoms with Crippen LogP contribution in [0.5, 0.6) is 11.5 Å². The number of carbonyl (C=O) groups is 1.